The fourth-order valence-electron chi connectivity index (χ4n) is 5.16. The number of fused-ring (bicyclic) bond motifs is 3. The summed E-state index contributed by atoms with van der Waals surface area (Å²) in [5.41, 5.74) is 7.71. The van der Waals surface area contributed by atoms with E-state index in [1.807, 2.05) is 18.2 Å². The maximum atomic E-state index is 6.09. The number of para-hydroxylation sites is 1. The Bertz CT molecular complexity index is 1550. The van der Waals surface area contributed by atoms with Crippen LogP contribution in [0.1, 0.15) is 31.4 Å². The van der Waals surface area contributed by atoms with Gasteiger partial charge in [0.1, 0.15) is 11.2 Å². The molecule has 1 unspecified atom stereocenters. The van der Waals surface area contributed by atoms with E-state index in [0.717, 1.165) is 28.4 Å². The molecule has 1 nitrogen and oxygen atoms in total. The average Bonchev–Trinajstić information content (AvgIpc) is 3.29. The molecule has 0 amide bonds. The molecule has 0 radical (unpaired) electrons. The Kier molecular flexibility index (Phi) is 6.25. The van der Waals surface area contributed by atoms with Crippen molar-refractivity contribution in [3.05, 3.63) is 145 Å². The van der Waals surface area contributed by atoms with Crippen LogP contribution in [0.2, 0.25) is 0 Å². The molecule has 0 saturated carbocycles. The van der Waals surface area contributed by atoms with E-state index in [0.29, 0.717) is 0 Å². The Labute approximate surface area is 207 Å². The third-order valence-electron chi connectivity index (χ3n) is 6.99. The predicted octanol–water partition coefficient (Wildman–Crippen LogP) is 9.64. The monoisotopic (exact) mass is 454 g/mol. The van der Waals surface area contributed by atoms with Crippen molar-refractivity contribution in [2.75, 3.05) is 0 Å². The van der Waals surface area contributed by atoms with Crippen molar-refractivity contribution in [1.29, 1.82) is 0 Å². The summed E-state index contributed by atoms with van der Waals surface area (Å²) in [5.74, 6) is 0. The second-order valence-electron chi connectivity index (χ2n) is 9.02. The lowest BCUT2D eigenvalue weighted by atomic mass is 9.68. The predicted molar refractivity (Wildman–Crippen MR) is 150 cm³/mol. The Morgan fingerprint density at radius 3 is 2.34 bits per heavy atom. The minimum atomic E-state index is -0.336. The molecule has 172 valence electrons. The van der Waals surface area contributed by atoms with Gasteiger partial charge in [0.2, 0.25) is 0 Å². The van der Waals surface area contributed by atoms with Gasteiger partial charge in [0.15, 0.2) is 0 Å². The number of benzene rings is 4. The minimum Gasteiger partial charge on any atom is -0.456 e. The first-order valence-corrected chi connectivity index (χ1v) is 12.2. The summed E-state index contributed by atoms with van der Waals surface area (Å²) < 4.78 is 6.09. The van der Waals surface area contributed by atoms with Crippen molar-refractivity contribution in [2.24, 2.45) is 0 Å². The van der Waals surface area contributed by atoms with Gasteiger partial charge in [-0.2, -0.15) is 0 Å². The molecule has 0 aliphatic rings. The number of hydrogen-bond acceptors (Lipinski definition) is 1. The zero-order valence-electron chi connectivity index (χ0n) is 20.4. The van der Waals surface area contributed by atoms with Crippen LogP contribution in [0.4, 0.5) is 0 Å². The molecule has 1 atom stereocenters. The Morgan fingerprint density at radius 1 is 0.829 bits per heavy atom. The van der Waals surface area contributed by atoms with Crippen LogP contribution in [0.25, 0.3) is 33.1 Å². The topological polar surface area (TPSA) is 13.1 Å². The Balaban J connectivity index is 1.75. The van der Waals surface area contributed by atoms with Crippen molar-refractivity contribution in [3.63, 3.8) is 0 Å². The molecule has 1 heterocycles. The van der Waals surface area contributed by atoms with Crippen LogP contribution in [0.3, 0.4) is 0 Å². The Hall–Kier alpha value is -4.10. The van der Waals surface area contributed by atoms with Gasteiger partial charge in [0.25, 0.3) is 0 Å². The second kappa shape index (κ2) is 9.64. The third kappa shape index (κ3) is 4.04. The van der Waals surface area contributed by atoms with Gasteiger partial charge in [-0.25, -0.2) is 0 Å². The first kappa shape index (κ1) is 22.7. The SMILES string of the molecule is C=CCC=C/C(=C\C)C(C)(c1ccccc1)c1ccccc1-c1ccc2oc3ccccc3c2c1. The normalized spacial score (nSPS) is 13.9. The van der Waals surface area contributed by atoms with Crippen LogP contribution in [0, 0.1) is 0 Å². The van der Waals surface area contributed by atoms with E-state index in [9.17, 15) is 0 Å². The molecule has 0 spiro atoms. The quantitative estimate of drug-likeness (QED) is 0.176. The number of hydrogen-bond donors (Lipinski definition) is 0. The molecule has 0 fully saturated rings. The van der Waals surface area contributed by atoms with Crippen LogP contribution in [-0.4, -0.2) is 0 Å². The van der Waals surface area contributed by atoms with Crippen molar-refractivity contribution < 1.29 is 4.42 Å². The first-order chi connectivity index (χ1) is 17.2. The molecule has 5 aromatic rings. The van der Waals surface area contributed by atoms with Gasteiger partial charge in [-0.15, -0.1) is 6.58 Å². The second-order valence-corrected chi connectivity index (χ2v) is 9.02. The van der Waals surface area contributed by atoms with Gasteiger partial charge >= 0.3 is 0 Å². The fraction of sp³-hybridized carbons (Fsp3) is 0.118. The van der Waals surface area contributed by atoms with Crippen LogP contribution in [-0.2, 0) is 5.41 Å². The van der Waals surface area contributed by atoms with Crippen LogP contribution in [0.5, 0.6) is 0 Å². The maximum absolute atomic E-state index is 6.09. The molecular formula is C34H30O. The molecule has 35 heavy (non-hydrogen) atoms. The van der Waals surface area contributed by atoms with Gasteiger partial charge in [-0.05, 0) is 66.3 Å². The van der Waals surface area contributed by atoms with Gasteiger partial charge in [-0.3, -0.25) is 0 Å². The fourth-order valence-corrected chi connectivity index (χ4v) is 5.16. The van der Waals surface area contributed by atoms with Crippen molar-refractivity contribution in [2.45, 2.75) is 25.7 Å². The summed E-state index contributed by atoms with van der Waals surface area (Å²) in [6, 6.07) is 34.4. The molecule has 1 aromatic heterocycles. The molecule has 4 aromatic carbocycles. The zero-order valence-corrected chi connectivity index (χ0v) is 20.4. The third-order valence-corrected chi connectivity index (χ3v) is 6.99. The molecule has 1 heteroatoms. The highest BCUT2D eigenvalue weighted by atomic mass is 16.3. The van der Waals surface area contributed by atoms with Gasteiger partial charge in [0, 0.05) is 16.2 Å². The van der Waals surface area contributed by atoms with E-state index in [2.05, 4.69) is 124 Å². The van der Waals surface area contributed by atoms with E-state index in [1.165, 1.54) is 27.8 Å². The average molecular weight is 455 g/mol. The molecule has 0 aliphatic heterocycles. The van der Waals surface area contributed by atoms with E-state index in [4.69, 9.17) is 4.42 Å². The van der Waals surface area contributed by atoms with E-state index >= 15 is 0 Å². The lowest BCUT2D eigenvalue weighted by Crippen LogP contribution is -2.26. The lowest BCUT2D eigenvalue weighted by molar-refractivity contribution is 0.669. The molecule has 0 N–H and O–H groups in total. The van der Waals surface area contributed by atoms with E-state index in [1.54, 1.807) is 0 Å². The van der Waals surface area contributed by atoms with Crippen molar-refractivity contribution in [1.82, 2.24) is 0 Å². The standard InChI is InChI=1S/C34H30O/c1-4-6-8-15-26(5-2)34(3,27-16-9-7-10-17-27)31-20-13-11-18-28(31)25-22-23-33-30(24-25)29-19-12-14-21-32(29)35-33/h4-5,7-24H,1,6H2,2-3H3/b15-8?,26-5+. The molecule has 0 saturated heterocycles. The summed E-state index contributed by atoms with van der Waals surface area (Å²) in [7, 11) is 0. The first-order valence-electron chi connectivity index (χ1n) is 12.2. The molecule has 0 aliphatic carbocycles. The minimum absolute atomic E-state index is 0.336. The van der Waals surface area contributed by atoms with E-state index in [-0.39, 0.29) is 5.41 Å². The van der Waals surface area contributed by atoms with Crippen molar-refractivity contribution in [3.8, 4) is 11.1 Å². The summed E-state index contributed by atoms with van der Waals surface area (Å²) in [6.07, 6.45) is 9.44. The lowest BCUT2D eigenvalue weighted by Gasteiger charge is -2.35. The summed E-state index contributed by atoms with van der Waals surface area (Å²) in [5, 5.41) is 2.29. The smallest absolute Gasteiger partial charge is 0.135 e. The number of allylic oxidation sites excluding steroid dienone is 5. The van der Waals surface area contributed by atoms with Gasteiger partial charge in [0.05, 0.1) is 0 Å². The largest absolute Gasteiger partial charge is 0.456 e. The highest BCUT2D eigenvalue weighted by Crippen LogP contribution is 2.44. The van der Waals surface area contributed by atoms with Crippen LogP contribution >= 0.6 is 0 Å². The van der Waals surface area contributed by atoms with Crippen molar-refractivity contribution >= 4 is 21.9 Å². The number of rotatable bonds is 7. The molecular weight excluding hydrogens is 424 g/mol. The van der Waals surface area contributed by atoms with Gasteiger partial charge in [-0.1, -0.05) is 103 Å². The zero-order chi connectivity index (χ0) is 24.3. The maximum Gasteiger partial charge on any atom is 0.135 e. The highest BCUT2D eigenvalue weighted by molar-refractivity contribution is 6.06. The molecule has 0 bridgehead atoms. The number of furan rings is 1. The van der Waals surface area contributed by atoms with Crippen LogP contribution in [0.15, 0.2) is 138 Å². The summed E-state index contributed by atoms with van der Waals surface area (Å²) in [6.45, 7) is 8.34. The van der Waals surface area contributed by atoms with Crippen LogP contribution < -0.4 is 0 Å². The summed E-state index contributed by atoms with van der Waals surface area (Å²) >= 11 is 0. The Morgan fingerprint density at radius 2 is 1.54 bits per heavy atom. The van der Waals surface area contributed by atoms with Gasteiger partial charge < -0.3 is 4.42 Å². The molecule has 5 rings (SSSR count). The highest BCUT2D eigenvalue weighted by Gasteiger charge is 2.33. The summed E-state index contributed by atoms with van der Waals surface area (Å²) in [4.78, 5) is 0. The van der Waals surface area contributed by atoms with E-state index < -0.39 is 0 Å².